The largest absolute Gasteiger partial charge is 0.396 e. The molecule has 2 amide bonds. The van der Waals surface area contributed by atoms with E-state index in [4.69, 9.17) is 16.7 Å². The Morgan fingerprint density at radius 1 is 1.22 bits per heavy atom. The smallest absolute Gasteiger partial charge is 0.251 e. The molecule has 0 heterocycles. The Morgan fingerprint density at radius 2 is 1.96 bits per heavy atom. The summed E-state index contributed by atoms with van der Waals surface area (Å²) in [6.07, 6.45) is 5.52. The third-order valence-corrected chi connectivity index (χ3v) is 3.98. The zero-order chi connectivity index (χ0) is 16.7. The monoisotopic (exact) mass is 336 g/mol. The normalized spacial score (nSPS) is 19.6. The van der Waals surface area contributed by atoms with Crippen molar-refractivity contribution >= 4 is 23.4 Å². The first-order chi connectivity index (χ1) is 11.1. The third-order valence-electron chi connectivity index (χ3n) is 3.73. The van der Waals surface area contributed by atoms with Crippen LogP contribution in [0.3, 0.4) is 0 Å². The number of carbonyl (C=O) groups excluding carboxylic acids is 2. The van der Waals surface area contributed by atoms with Crippen LogP contribution in [0.1, 0.15) is 29.6 Å². The highest BCUT2D eigenvalue weighted by atomic mass is 35.5. The minimum atomic E-state index is -0.174. The van der Waals surface area contributed by atoms with Gasteiger partial charge in [0.2, 0.25) is 5.91 Å². The van der Waals surface area contributed by atoms with Gasteiger partial charge in [0, 0.05) is 42.1 Å². The van der Waals surface area contributed by atoms with Crippen LogP contribution in [-0.4, -0.2) is 36.1 Å². The van der Waals surface area contributed by atoms with Gasteiger partial charge in [0.15, 0.2) is 0 Å². The summed E-state index contributed by atoms with van der Waals surface area (Å²) in [6, 6.07) is 6.66. The Kier molecular flexibility index (Phi) is 6.62. The number of hydrogen-bond acceptors (Lipinski definition) is 3. The summed E-state index contributed by atoms with van der Waals surface area (Å²) in [6.45, 7) is 0.550. The highest BCUT2D eigenvalue weighted by Crippen LogP contribution is 2.17. The van der Waals surface area contributed by atoms with Crippen LogP contribution in [0.2, 0.25) is 5.02 Å². The second kappa shape index (κ2) is 8.70. The molecule has 6 heteroatoms. The van der Waals surface area contributed by atoms with E-state index in [9.17, 15) is 9.59 Å². The molecule has 0 bridgehead atoms. The summed E-state index contributed by atoms with van der Waals surface area (Å²) in [5.74, 6) is -0.0791. The fourth-order valence-corrected chi connectivity index (χ4v) is 2.58. The summed E-state index contributed by atoms with van der Waals surface area (Å²) in [4.78, 5) is 23.7. The zero-order valence-corrected chi connectivity index (χ0v) is 13.6. The van der Waals surface area contributed by atoms with E-state index < -0.39 is 0 Å². The molecule has 0 saturated heterocycles. The lowest BCUT2D eigenvalue weighted by molar-refractivity contribution is -0.121. The molecular weight excluding hydrogens is 316 g/mol. The first kappa shape index (κ1) is 17.5. The van der Waals surface area contributed by atoms with Gasteiger partial charge < -0.3 is 15.7 Å². The molecule has 23 heavy (non-hydrogen) atoms. The van der Waals surface area contributed by atoms with Crippen LogP contribution >= 0.6 is 11.6 Å². The minimum Gasteiger partial charge on any atom is -0.396 e. The molecule has 0 fully saturated rings. The molecule has 1 aromatic rings. The van der Waals surface area contributed by atoms with Gasteiger partial charge in [-0.05, 0) is 37.1 Å². The van der Waals surface area contributed by atoms with Crippen molar-refractivity contribution in [3.63, 3.8) is 0 Å². The summed E-state index contributed by atoms with van der Waals surface area (Å²) < 4.78 is 0. The van der Waals surface area contributed by atoms with Crippen LogP contribution in [0.5, 0.6) is 0 Å². The molecule has 5 nitrogen and oxygen atoms in total. The molecule has 0 spiro atoms. The van der Waals surface area contributed by atoms with E-state index in [-0.39, 0.29) is 30.4 Å². The summed E-state index contributed by atoms with van der Waals surface area (Å²) in [5, 5.41) is 15.3. The van der Waals surface area contributed by atoms with E-state index in [0.29, 0.717) is 30.0 Å². The summed E-state index contributed by atoms with van der Waals surface area (Å²) in [5.41, 5.74) is 0.546. The van der Waals surface area contributed by atoms with Crippen LogP contribution in [0.15, 0.2) is 36.4 Å². The molecule has 0 aliphatic heterocycles. The van der Waals surface area contributed by atoms with Crippen LogP contribution in [0, 0.1) is 5.92 Å². The summed E-state index contributed by atoms with van der Waals surface area (Å²) in [7, 11) is 0. The molecule has 0 aromatic heterocycles. The molecule has 3 N–H and O–H groups in total. The van der Waals surface area contributed by atoms with Gasteiger partial charge in [0.25, 0.3) is 5.91 Å². The number of amides is 2. The molecule has 2 rings (SSSR count). The van der Waals surface area contributed by atoms with Crippen LogP contribution in [0.25, 0.3) is 0 Å². The SMILES string of the molecule is O=C(CCCNC(=O)c1ccc(Cl)cc1)N[C@@H]1C=C[C@H](CO)C1. The Hall–Kier alpha value is -1.85. The Balaban J connectivity index is 1.61. The zero-order valence-electron chi connectivity index (χ0n) is 12.8. The lowest BCUT2D eigenvalue weighted by Gasteiger charge is -2.12. The van der Waals surface area contributed by atoms with Crippen LogP contribution < -0.4 is 10.6 Å². The highest BCUT2D eigenvalue weighted by Gasteiger charge is 2.19. The average Bonchev–Trinajstić information content (AvgIpc) is 2.99. The fraction of sp³-hybridized carbons (Fsp3) is 0.412. The number of nitrogens with one attached hydrogen (secondary N) is 2. The van der Waals surface area contributed by atoms with Gasteiger partial charge in [-0.1, -0.05) is 23.8 Å². The molecule has 124 valence electrons. The van der Waals surface area contributed by atoms with Gasteiger partial charge in [-0.15, -0.1) is 0 Å². The standard InChI is InChI=1S/C17H21ClN2O3/c18-14-6-4-13(5-7-14)17(23)19-9-1-2-16(22)20-15-8-3-12(10-15)11-21/h3-8,12,15,21H,1-2,9-11H2,(H,19,23)(H,20,22)/t12-,15+/m0/s1. The lowest BCUT2D eigenvalue weighted by Crippen LogP contribution is -2.33. The van der Waals surface area contributed by atoms with E-state index in [0.717, 1.165) is 6.42 Å². The molecule has 0 unspecified atom stereocenters. The molecule has 2 atom stereocenters. The Morgan fingerprint density at radius 3 is 2.61 bits per heavy atom. The number of halogens is 1. The molecule has 1 aromatic carbocycles. The Bertz CT molecular complexity index is 572. The topological polar surface area (TPSA) is 78.4 Å². The molecule has 1 aliphatic carbocycles. The summed E-state index contributed by atoms with van der Waals surface area (Å²) >= 11 is 5.77. The van der Waals surface area contributed by atoms with E-state index in [2.05, 4.69) is 10.6 Å². The first-order valence-electron chi connectivity index (χ1n) is 7.71. The van der Waals surface area contributed by atoms with Crippen molar-refractivity contribution in [3.8, 4) is 0 Å². The maximum Gasteiger partial charge on any atom is 0.251 e. The number of aliphatic hydroxyl groups excluding tert-OH is 1. The van der Waals surface area contributed by atoms with Crippen molar-refractivity contribution in [3.05, 3.63) is 47.0 Å². The van der Waals surface area contributed by atoms with Crippen molar-refractivity contribution in [2.24, 2.45) is 5.92 Å². The minimum absolute atomic E-state index is 0.00306. The van der Waals surface area contributed by atoms with Gasteiger partial charge in [0.05, 0.1) is 0 Å². The molecule has 0 saturated carbocycles. The van der Waals surface area contributed by atoms with Crippen LogP contribution in [-0.2, 0) is 4.79 Å². The second-order valence-corrected chi connectivity index (χ2v) is 6.04. The first-order valence-corrected chi connectivity index (χ1v) is 8.08. The number of benzene rings is 1. The average molecular weight is 337 g/mol. The van der Waals surface area contributed by atoms with Crippen LogP contribution in [0.4, 0.5) is 0 Å². The number of carbonyl (C=O) groups is 2. The number of hydrogen-bond donors (Lipinski definition) is 3. The molecular formula is C17H21ClN2O3. The predicted octanol–water partition coefficient (Wildman–Crippen LogP) is 1.90. The molecule has 1 aliphatic rings. The van der Waals surface area contributed by atoms with Gasteiger partial charge in [-0.2, -0.15) is 0 Å². The van der Waals surface area contributed by atoms with E-state index in [1.54, 1.807) is 24.3 Å². The lowest BCUT2D eigenvalue weighted by atomic mass is 10.1. The van der Waals surface area contributed by atoms with Crippen molar-refractivity contribution < 1.29 is 14.7 Å². The maximum atomic E-state index is 11.9. The van der Waals surface area contributed by atoms with E-state index in [1.165, 1.54) is 0 Å². The fourth-order valence-electron chi connectivity index (χ4n) is 2.45. The van der Waals surface area contributed by atoms with E-state index >= 15 is 0 Å². The van der Waals surface area contributed by atoms with Gasteiger partial charge >= 0.3 is 0 Å². The number of rotatable bonds is 7. The van der Waals surface area contributed by atoms with Crippen molar-refractivity contribution in [1.29, 1.82) is 0 Å². The van der Waals surface area contributed by atoms with Gasteiger partial charge in [-0.25, -0.2) is 0 Å². The van der Waals surface area contributed by atoms with Gasteiger partial charge in [0.1, 0.15) is 0 Å². The van der Waals surface area contributed by atoms with Gasteiger partial charge in [-0.3, -0.25) is 9.59 Å². The molecule has 0 radical (unpaired) electrons. The van der Waals surface area contributed by atoms with Crippen molar-refractivity contribution in [2.45, 2.75) is 25.3 Å². The van der Waals surface area contributed by atoms with Crippen molar-refractivity contribution in [1.82, 2.24) is 10.6 Å². The Labute approximate surface area is 140 Å². The highest BCUT2D eigenvalue weighted by molar-refractivity contribution is 6.30. The predicted molar refractivity (Wildman–Crippen MR) is 89.3 cm³/mol. The van der Waals surface area contributed by atoms with E-state index in [1.807, 2.05) is 12.2 Å². The number of aliphatic hydroxyl groups is 1. The second-order valence-electron chi connectivity index (χ2n) is 5.60. The maximum absolute atomic E-state index is 11.9. The van der Waals surface area contributed by atoms with Crippen molar-refractivity contribution in [2.75, 3.05) is 13.2 Å². The quantitative estimate of drug-likeness (QED) is 0.525. The third kappa shape index (κ3) is 5.69.